The van der Waals surface area contributed by atoms with Gasteiger partial charge in [0.2, 0.25) is 0 Å². The number of nitro groups is 1. The van der Waals surface area contributed by atoms with Gasteiger partial charge in [0.1, 0.15) is 0 Å². The molecule has 1 rings (SSSR count). The van der Waals surface area contributed by atoms with Crippen LogP contribution in [0.3, 0.4) is 0 Å². The van der Waals surface area contributed by atoms with E-state index < -0.39 is 0 Å². The lowest BCUT2D eigenvalue weighted by molar-refractivity contribution is -0.384. The van der Waals surface area contributed by atoms with Crippen LogP contribution in [0.2, 0.25) is 0 Å². The summed E-state index contributed by atoms with van der Waals surface area (Å²) in [5.74, 6) is 0. The Kier molecular flexibility index (Phi) is 4.24. The molecule has 0 heterocycles. The number of rotatable bonds is 5. The van der Waals surface area contributed by atoms with Gasteiger partial charge in [-0.25, -0.2) is 0 Å². The van der Waals surface area contributed by atoms with Crippen LogP contribution in [0.4, 0.5) is 5.69 Å². The Balaban J connectivity index is 2.92. The van der Waals surface area contributed by atoms with E-state index in [2.05, 4.69) is 12.2 Å². The number of benzene rings is 1. The topological polar surface area (TPSA) is 55.2 Å². The molecule has 0 aliphatic heterocycles. The third kappa shape index (κ3) is 3.02. The number of nitro benzene ring substituents is 1. The monoisotopic (exact) mass is 208 g/mol. The van der Waals surface area contributed by atoms with Crippen molar-refractivity contribution >= 4 is 5.69 Å². The zero-order valence-corrected chi connectivity index (χ0v) is 9.06. The number of nitrogens with zero attached hydrogens (tertiary/aromatic N) is 1. The van der Waals surface area contributed by atoms with Gasteiger partial charge in [0, 0.05) is 18.2 Å². The molecule has 0 saturated carbocycles. The van der Waals surface area contributed by atoms with Gasteiger partial charge in [-0.3, -0.25) is 10.1 Å². The summed E-state index contributed by atoms with van der Waals surface area (Å²) in [5, 5.41) is 13.8. The molecule has 4 heteroatoms. The molecule has 1 aromatic carbocycles. The minimum atomic E-state index is -0.359. The smallest absolute Gasteiger partial charge is 0.269 e. The van der Waals surface area contributed by atoms with Crippen LogP contribution in [0.25, 0.3) is 0 Å². The van der Waals surface area contributed by atoms with Gasteiger partial charge in [-0.1, -0.05) is 25.5 Å². The molecular formula is C11H16N2O2. The zero-order chi connectivity index (χ0) is 11.3. The Bertz CT molecular complexity index is 339. The van der Waals surface area contributed by atoms with E-state index in [4.69, 9.17) is 0 Å². The van der Waals surface area contributed by atoms with Gasteiger partial charge in [-0.2, -0.15) is 0 Å². The van der Waals surface area contributed by atoms with E-state index in [0.717, 1.165) is 18.4 Å². The van der Waals surface area contributed by atoms with Crippen molar-refractivity contribution in [3.05, 3.63) is 39.9 Å². The number of hydrogen-bond acceptors (Lipinski definition) is 3. The summed E-state index contributed by atoms with van der Waals surface area (Å²) in [6, 6.07) is 7.01. The maximum Gasteiger partial charge on any atom is 0.269 e. The largest absolute Gasteiger partial charge is 0.313 e. The fraction of sp³-hybridized carbons (Fsp3) is 0.455. The van der Waals surface area contributed by atoms with Crippen LogP contribution in [0, 0.1) is 10.1 Å². The summed E-state index contributed by atoms with van der Waals surface area (Å²) >= 11 is 0. The van der Waals surface area contributed by atoms with Crippen molar-refractivity contribution in [3.8, 4) is 0 Å². The normalized spacial score (nSPS) is 12.4. The van der Waals surface area contributed by atoms with Gasteiger partial charge in [0.25, 0.3) is 5.69 Å². The number of hydrogen-bond donors (Lipinski definition) is 1. The average molecular weight is 208 g/mol. The second-order valence-electron chi connectivity index (χ2n) is 3.48. The summed E-state index contributed by atoms with van der Waals surface area (Å²) < 4.78 is 0. The molecule has 82 valence electrons. The van der Waals surface area contributed by atoms with E-state index in [1.807, 2.05) is 13.1 Å². The summed E-state index contributed by atoms with van der Waals surface area (Å²) in [5.41, 5.74) is 1.14. The molecule has 0 radical (unpaired) electrons. The minimum Gasteiger partial charge on any atom is -0.313 e. The van der Waals surface area contributed by atoms with E-state index in [0.29, 0.717) is 0 Å². The predicted octanol–water partition coefficient (Wildman–Crippen LogP) is 2.66. The highest BCUT2D eigenvalue weighted by molar-refractivity contribution is 5.35. The van der Waals surface area contributed by atoms with Crippen molar-refractivity contribution in [3.63, 3.8) is 0 Å². The Morgan fingerprint density at radius 1 is 1.53 bits per heavy atom. The van der Waals surface area contributed by atoms with Gasteiger partial charge >= 0.3 is 0 Å². The third-order valence-corrected chi connectivity index (χ3v) is 2.41. The molecule has 0 aliphatic rings. The molecule has 0 fully saturated rings. The summed E-state index contributed by atoms with van der Waals surface area (Å²) in [6.07, 6.45) is 2.03. The Hall–Kier alpha value is -1.42. The lowest BCUT2D eigenvalue weighted by atomic mass is 10.0. The van der Waals surface area contributed by atoms with E-state index in [1.165, 1.54) is 6.07 Å². The first-order chi connectivity index (χ1) is 7.19. The molecule has 0 amide bonds. The molecule has 15 heavy (non-hydrogen) atoms. The van der Waals surface area contributed by atoms with E-state index in [9.17, 15) is 10.1 Å². The van der Waals surface area contributed by atoms with Crippen LogP contribution in [-0.2, 0) is 0 Å². The molecule has 1 unspecified atom stereocenters. The van der Waals surface area contributed by atoms with Crippen molar-refractivity contribution in [2.45, 2.75) is 25.8 Å². The highest BCUT2D eigenvalue weighted by Crippen LogP contribution is 2.22. The number of non-ortho nitro benzene ring substituents is 1. The Labute approximate surface area is 89.5 Å². The maximum absolute atomic E-state index is 10.6. The van der Waals surface area contributed by atoms with E-state index in [1.54, 1.807) is 12.1 Å². The van der Waals surface area contributed by atoms with Gasteiger partial charge in [0.05, 0.1) is 4.92 Å². The summed E-state index contributed by atoms with van der Waals surface area (Å²) in [6.45, 7) is 2.10. The van der Waals surface area contributed by atoms with Gasteiger partial charge in [-0.05, 0) is 19.0 Å². The van der Waals surface area contributed by atoms with Gasteiger partial charge in [-0.15, -0.1) is 0 Å². The van der Waals surface area contributed by atoms with Gasteiger partial charge in [0.15, 0.2) is 0 Å². The lowest BCUT2D eigenvalue weighted by Crippen LogP contribution is -2.16. The van der Waals surface area contributed by atoms with Crippen molar-refractivity contribution < 1.29 is 4.92 Å². The Morgan fingerprint density at radius 2 is 2.27 bits per heavy atom. The molecule has 4 nitrogen and oxygen atoms in total. The molecule has 0 aliphatic carbocycles. The first kappa shape index (κ1) is 11.7. The average Bonchev–Trinajstić information content (AvgIpc) is 2.26. The highest BCUT2D eigenvalue weighted by Gasteiger charge is 2.11. The van der Waals surface area contributed by atoms with Crippen LogP contribution < -0.4 is 5.32 Å². The fourth-order valence-electron chi connectivity index (χ4n) is 1.62. The second kappa shape index (κ2) is 5.46. The van der Waals surface area contributed by atoms with Crippen LogP contribution in [0.15, 0.2) is 24.3 Å². The maximum atomic E-state index is 10.6. The molecule has 1 aromatic rings. The lowest BCUT2D eigenvalue weighted by Gasteiger charge is -2.15. The zero-order valence-electron chi connectivity index (χ0n) is 9.06. The van der Waals surface area contributed by atoms with Crippen LogP contribution in [-0.4, -0.2) is 12.0 Å². The third-order valence-electron chi connectivity index (χ3n) is 2.41. The fourth-order valence-corrected chi connectivity index (χ4v) is 1.62. The van der Waals surface area contributed by atoms with Crippen LogP contribution >= 0.6 is 0 Å². The first-order valence-corrected chi connectivity index (χ1v) is 5.10. The standard InChI is InChI=1S/C11H16N2O2/c1-3-5-11(12-2)9-6-4-7-10(8-9)13(14)15/h4,6-8,11-12H,3,5H2,1-2H3. The minimum absolute atomic E-state index is 0.156. The second-order valence-corrected chi connectivity index (χ2v) is 3.48. The summed E-state index contributed by atoms with van der Waals surface area (Å²) in [4.78, 5) is 10.2. The molecule has 1 atom stereocenters. The highest BCUT2D eigenvalue weighted by atomic mass is 16.6. The molecule has 0 saturated heterocycles. The van der Waals surface area contributed by atoms with Crippen molar-refractivity contribution in [1.82, 2.24) is 5.32 Å². The van der Waals surface area contributed by atoms with Crippen molar-refractivity contribution in [2.24, 2.45) is 0 Å². The predicted molar refractivity (Wildman–Crippen MR) is 59.8 cm³/mol. The van der Waals surface area contributed by atoms with E-state index in [-0.39, 0.29) is 16.7 Å². The molecular weight excluding hydrogens is 192 g/mol. The molecule has 1 N–H and O–H groups in total. The number of nitrogens with one attached hydrogen (secondary N) is 1. The van der Waals surface area contributed by atoms with Crippen molar-refractivity contribution in [2.75, 3.05) is 7.05 Å². The quantitative estimate of drug-likeness (QED) is 0.597. The summed E-state index contributed by atoms with van der Waals surface area (Å²) in [7, 11) is 1.87. The molecule has 0 spiro atoms. The van der Waals surface area contributed by atoms with E-state index >= 15 is 0 Å². The molecule has 0 bridgehead atoms. The van der Waals surface area contributed by atoms with Gasteiger partial charge < -0.3 is 5.32 Å². The molecule has 0 aromatic heterocycles. The van der Waals surface area contributed by atoms with Crippen LogP contribution in [0.5, 0.6) is 0 Å². The SMILES string of the molecule is CCCC(NC)c1cccc([N+](=O)[O-])c1. The Morgan fingerprint density at radius 3 is 2.80 bits per heavy atom. The van der Waals surface area contributed by atoms with Crippen molar-refractivity contribution in [1.29, 1.82) is 0 Å². The first-order valence-electron chi connectivity index (χ1n) is 5.10. The van der Waals surface area contributed by atoms with Crippen LogP contribution in [0.1, 0.15) is 31.4 Å².